The second-order valence-electron chi connectivity index (χ2n) is 6.68. The fourth-order valence-corrected chi connectivity index (χ4v) is 3.88. The number of aryl methyl sites for hydroxylation is 1. The van der Waals surface area contributed by atoms with Crippen molar-refractivity contribution >= 4 is 23.2 Å². The van der Waals surface area contributed by atoms with Crippen LogP contribution in [0.3, 0.4) is 0 Å². The highest BCUT2D eigenvalue weighted by Crippen LogP contribution is 2.25. The van der Waals surface area contributed by atoms with E-state index in [4.69, 9.17) is 0 Å². The third-order valence-electron chi connectivity index (χ3n) is 4.58. The molecule has 26 heavy (non-hydrogen) atoms. The highest BCUT2D eigenvalue weighted by Gasteiger charge is 2.29. The van der Waals surface area contributed by atoms with Crippen LogP contribution in [-0.2, 0) is 11.8 Å². The van der Waals surface area contributed by atoms with Crippen LogP contribution in [0.15, 0.2) is 17.8 Å². The Morgan fingerprint density at radius 3 is 3.00 bits per heavy atom. The predicted octanol–water partition coefficient (Wildman–Crippen LogP) is 2.31. The van der Waals surface area contributed by atoms with Gasteiger partial charge in [-0.2, -0.15) is 5.10 Å². The van der Waals surface area contributed by atoms with E-state index in [1.54, 1.807) is 21.2 Å². The maximum atomic E-state index is 12.8. The minimum absolute atomic E-state index is 0.0604. The van der Waals surface area contributed by atoms with Gasteiger partial charge >= 0.3 is 0 Å². The Labute approximate surface area is 157 Å². The van der Waals surface area contributed by atoms with Crippen molar-refractivity contribution in [2.75, 3.05) is 19.6 Å². The van der Waals surface area contributed by atoms with Crippen LogP contribution in [-0.4, -0.2) is 51.1 Å². The molecule has 1 aliphatic heterocycles. The van der Waals surface area contributed by atoms with Crippen molar-refractivity contribution in [2.24, 2.45) is 13.0 Å². The Morgan fingerprint density at radius 2 is 2.27 bits per heavy atom. The smallest absolute Gasteiger partial charge is 0.273 e. The van der Waals surface area contributed by atoms with Gasteiger partial charge in [0.25, 0.3) is 5.91 Å². The second kappa shape index (κ2) is 8.44. The lowest BCUT2D eigenvalue weighted by Crippen LogP contribution is -2.45. The molecule has 7 nitrogen and oxygen atoms in total. The maximum absolute atomic E-state index is 12.8. The zero-order chi connectivity index (χ0) is 18.5. The van der Waals surface area contributed by atoms with Crippen molar-refractivity contribution in [2.45, 2.75) is 32.6 Å². The summed E-state index contributed by atoms with van der Waals surface area (Å²) in [4.78, 5) is 31.3. The minimum atomic E-state index is -0.124. The molecule has 0 aliphatic carbocycles. The van der Waals surface area contributed by atoms with Crippen molar-refractivity contribution < 1.29 is 9.59 Å². The quantitative estimate of drug-likeness (QED) is 0.786. The number of hydrogen-bond acceptors (Lipinski definition) is 5. The second-order valence-corrected chi connectivity index (χ2v) is 7.53. The number of thiazole rings is 1. The Hall–Kier alpha value is -2.22. The van der Waals surface area contributed by atoms with Crippen molar-refractivity contribution in [3.8, 4) is 10.6 Å². The Bertz CT molecular complexity index is 769. The van der Waals surface area contributed by atoms with Crippen molar-refractivity contribution in [1.82, 2.24) is 25.0 Å². The normalized spacial score (nSPS) is 17.3. The molecule has 2 aromatic heterocycles. The van der Waals surface area contributed by atoms with Gasteiger partial charge in [-0.25, -0.2) is 4.98 Å². The Morgan fingerprint density at radius 1 is 1.42 bits per heavy atom. The lowest BCUT2D eigenvalue weighted by Gasteiger charge is -2.31. The van der Waals surface area contributed by atoms with Gasteiger partial charge in [0, 0.05) is 43.8 Å². The summed E-state index contributed by atoms with van der Waals surface area (Å²) in [6.45, 7) is 3.95. The van der Waals surface area contributed by atoms with Gasteiger partial charge < -0.3 is 10.2 Å². The minimum Gasteiger partial charge on any atom is -0.356 e. The summed E-state index contributed by atoms with van der Waals surface area (Å²) in [5, 5.41) is 9.69. The number of carbonyl (C=O) groups is 2. The maximum Gasteiger partial charge on any atom is 0.273 e. The van der Waals surface area contributed by atoms with Crippen LogP contribution < -0.4 is 5.32 Å². The fourth-order valence-electron chi connectivity index (χ4n) is 3.11. The van der Waals surface area contributed by atoms with Crippen molar-refractivity contribution in [3.63, 3.8) is 0 Å². The van der Waals surface area contributed by atoms with Crippen LogP contribution >= 0.6 is 11.3 Å². The van der Waals surface area contributed by atoms with E-state index in [1.165, 1.54) is 11.3 Å². The van der Waals surface area contributed by atoms with Gasteiger partial charge in [-0.1, -0.05) is 13.3 Å². The number of unbranched alkanes of at least 4 members (excludes halogenated alkanes) is 1. The summed E-state index contributed by atoms with van der Waals surface area (Å²) >= 11 is 1.44. The summed E-state index contributed by atoms with van der Waals surface area (Å²) < 4.78 is 1.71. The number of hydrogen-bond donors (Lipinski definition) is 1. The van der Waals surface area contributed by atoms with Crippen LogP contribution in [0.2, 0.25) is 0 Å². The van der Waals surface area contributed by atoms with Gasteiger partial charge in [-0.3, -0.25) is 14.3 Å². The molecule has 1 aliphatic rings. The van der Waals surface area contributed by atoms with E-state index in [0.717, 1.165) is 36.3 Å². The number of piperidine rings is 1. The SMILES string of the molecule is CCCCNC(=O)C1CCCN(C(=O)c2csc(-c3cnn(C)c3)n2)C1. The molecule has 3 rings (SSSR count). The summed E-state index contributed by atoms with van der Waals surface area (Å²) in [5.74, 6) is -0.159. The number of likely N-dealkylation sites (tertiary alicyclic amines) is 1. The third kappa shape index (κ3) is 4.30. The molecule has 0 spiro atoms. The van der Waals surface area contributed by atoms with Gasteiger partial charge in [0.1, 0.15) is 10.7 Å². The molecule has 8 heteroatoms. The number of rotatable bonds is 6. The van der Waals surface area contributed by atoms with Gasteiger partial charge in [0.2, 0.25) is 5.91 Å². The van der Waals surface area contributed by atoms with E-state index in [1.807, 2.05) is 13.2 Å². The lowest BCUT2D eigenvalue weighted by atomic mass is 9.97. The summed E-state index contributed by atoms with van der Waals surface area (Å²) in [6, 6.07) is 0. The summed E-state index contributed by atoms with van der Waals surface area (Å²) in [5.41, 5.74) is 1.35. The van der Waals surface area contributed by atoms with E-state index >= 15 is 0 Å². The van der Waals surface area contributed by atoms with E-state index in [0.29, 0.717) is 25.3 Å². The molecule has 1 unspecified atom stereocenters. The molecule has 140 valence electrons. The average Bonchev–Trinajstić information content (AvgIpc) is 3.30. The largest absolute Gasteiger partial charge is 0.356 e. The number of nitrogens with one attached hydrogen (secondary N) is 1. The van der Waals surface area contributed by atoms with Crippen LogP contribution in [0.25, 0.3) is 10.6 Å². The number of nitrogens with zero attached hydrogens (tertiary/aromatic N) is 4. The molecule has 1 fully saturated rings. The molecule has 0 bridgehead atoms. The van der Waals surface area contributed by atoms with Gasteiger partial charge in [-0.15, -0.1) is 11.3 Å². The monoisotopic (exact) mass is 375 g/mol. The van der Waals surface area contributed by atoms with E-state index in [-0.39, 0.29) is 17.7 Å². The molecule has 0 aromatic carbocycles. The van der Waals surface area contributed by atoms with E-state index in [9.17, 15) is 9.59 Å². The molecule has 0 radical (unpaired) electrons. The summed E-state index contributed by atoms with van der Waals surface area (Å²) in [6.07, 6.45) is 7.34. The first-order valence-electron chi connectivity index (χ1n) is 9.10. The zero-order valence-corrected chi connectivity index (χ0v) is 16.1. The molecular formula is C18H25N5O2S. The zero-order valence-electron chi connectivity index (χ0n) is 15.3. The third-order valence-corrected chi connectivity index (χ3v) is 5.48. The molecule has 1 N–H and O–H groups in total. The molecule has 1 atom stereocenters. The molecule has 0 saturated carbocycles. The molecule has 2 aromatic rings. The first kappa shape index (κ1) is 18.6. The van der Waals surface area contributed by atoms with E-state index in [2.05, 4.69) is 22.3 Å². The van der Waals surface area contributed by atoms with Crippen LogP contribution in [0.1, 0.15) is 43.1 Å². The topological polar surface area (TPSA) is 80.1 Å². The highest BCUT2D eigenvalue weighted by atomic mass is 32.1. The van der Waals surface area contributed by atoms with E-state index < -0.39 is 0 Å². The first-order chi connectivity index (χ1) is 12.6. The average molecular weight is 375 g/mol. The standard InChI is InChI=1S/C18H25N5O2S/c1-3-4-7-19-16(24)13-6-5-8-23(11-13)18(25)15-12-26-17(21-15)14-9-20-22(2)10-14/h9-10,12-13H,3-8,11H2,1-2H3,(H,19,24). The van der Waals surface area contributed by atoms with Gasteiger partial charge in [-0.05, 0) is 19.3 Å². The summed E-state index contributed by atoms with van der Waals surface area (Å²) in [7, 11) is 1.85. The molecule has 2 amide bonds. The van der Waals surface area contributed by atoms with Crippen molar-refractivity contribution in [3.05, 3.63) is 23.5 Å². The molecular weight excluding hydrogens is 350 g/mol. The fraction of sp³-hybridized carbons (Fsp3) is 0.556. The van der Waals surface area contributed by atoms with Gasteiger partial charge in [0.05, 0.1) is 12.1 Å². The number of aromatic nitrogens is 3. The predicted molar refractivity (Wildman–Crippen MR) is 101 cm³/mol. The molecule has 3 heterocycles. The Balaban J connectivity index is 1.62. The number of amides is 2. The van der Waals surface area contributed by atoms with Crippen LogP contribution in [0.4, 0.5) is 0 Å². The van der Waals surface area contributed by atoms with Gasteiger partial charge in [0.15, 0.2) is 0 Å². The van der Waals surface area contributed by atoms with Crippen molar-refractivity contribution in [1.29, 1.82) is 0 Å². The van der Waals surface area contributed by atoms with Crippen LogP contribution in [0, 0.1) is 5.92 Å². The van der Waals surface area contributed by atoms with Crippen LogP contribution in [0.5, 0.6) is 0 Å². The first-order valence-corrected chi connectivity index (χ1v) is 9.98. The Kier molecular flexibility index (Phi) is 6.03. The molecule has 1 saturated heterocycles. The lowest BCUT2D eigenvalue weighted by molar-refractivity contribution is -0.126. The number of carbonyl (C=O) groups excluding carboxylic acids is 2. The highest BCUT2D eigenvalue weighted by molar-refractivity contribution is 7.13.